The summed E-state index contributed by atoms with van der Waals surface area (Å²) in [7, 11) is 0. The van der Waals surface area contributed by atoms with Crippen LogP contribution in [0.25, 0.3) is 0 Å². The second kappa shape index (κ2) is 9.78. The Morgan fingerprint density at radius 2 is 1.74 bits per heavy atom. The van der Waals surface area contributed by atoms with Gasteiger partial charge in [0.25, 0.3) is 0 Å². The molecule has 0 aromatic rings. The van der Waals surface area contributed by atoms with E-state index in [-0.39, 0.29) is 18.4 Å². The summed E-state index contributed by atoms with van der Waals surface area (Å²) in [4.78, 5) is 22.4. The molecule has 0 heterocycles. The molecule has 0 aliphatic heterocycles. The number of hydrogen-bond donors (Lipinski definition) is 3. The molecule has 0 aliphatic carbocycles. The van der Waals surface area contributed by atoms with Crippen molar-refractivity contribution in [3.63, 3.8) is 0 Å². The van der Waals surface area contributed by atoms with Crippen LogP contribution in [-0.2, 0) is 9.59 Å². The summed E-state index contributed by atoms with van der Waals surface area (Å²) < 4.78 is 0. The Morgan fingerprint density at radius 1 is 1.11 bits per heavy atom. The highest BCUT2D eigenvalue weighted by molar-refractivity contribution is 5.76. The summed E-state index contributed by atoms with van der Waals surface area (Å²) >= 11 is 0. The normalized spacial score (nSPS) is 11.2. The van der Waals surface area contributed by atoms with Crippen LogP contribution in [0.15, 0.2) is 0 Å². The minimum Gasteiger partial charge on any atom is -0.394 e. The maximum Gasteiger partial charge on any atom is 0.220 e. The lowest BCUT2D eigenvalue weighted by Gasteiger charge is -2.30. The minimum absolute atomic E-state index is 0.00252. The summed E-state index contributed by atoms with van der Waals surface area (Å²) in [5, 5.41) is 15.0. The predicted octanol–water partition coefficient (Wildman–Crippen LogP) is 1.35. The van der Waals surface area contributed by atoms with E-state index >= 15 is 0 Å². The van der Waals surface area contributed by atoms with E-state index in [2.05, 4.69) is 10.6 Å². The van der Waals surface area contributed by atoms with Crippen molar-refractivity contribution in [1.29, 1.82) is 0 Å². The Balaban J connectivity index is 3.77. The molecular formula is C14H28N2O3. The first-order valence-electron chi connectivity index (χ1n) is 7.16. The average Bonchev–Trinajstić information content (AvgIpc) is 2.40. The van der Waals surface area contributed by atoms with Crippen molar-refractivity contribution < 1.29 is 14.7 Å². The Morgan fingerprint density at radius 3 is 2.21 bits per heavy atom. The van der Waals surface area contributed by atoms with Gasteiger partial charge in [-0.15, -0.1) is 0 Å². The van der Waals surface area contributed by atoms with Gasteiger partial charge in [0, 0.05) is 19.9 Å². The Kier molecular flexibility index (Phi) is 9.21. The summed E-state index contributed by atoms with van der Waals surface area (Å²) in [6, 6.07) is 0. The number of hydrogen-bond acceptors (Lipinski definition) is 3. The molecule has 19 heavy (non-hydrogen) atoms. The van der Waals surface area contributed by atoms with E-state index < -0.39 is 5.54 Å². The molecule has 0 radical (unpaired) electrons. The monoisotopic (exact) mass is 272 g/mol. The lowest BCUT2D eigenvalue weighted by atomic mass is 9.93. The van der Waals surface area contributed by atoms with Gasteiger partial charge in [-0.05, 0) is 25.7 Å². The molecular weight excluding hydrogens is 244 g/mol. The quantitative estimate of drug-likeness (QED) is 0.525. The molecule has 2 amide bonds. The van der Waals surface area contributed by atoms with Crippen molar-refractivity contribution in [3.05, 3.63) is 0 Å². The van der Waals surface area contributed by atoms with Gasteiger partial charge in [-0.3, -0.25) is 9.59 Å². The maximum atomic E-state index is 11.8. The van der Waals surface area contributed by atoms with Crippen molar-refractivity contribution in [1.82, 2.24) is 10.6 Å². The third kappa shape index (κ3) is 7.82. The van der Waals surface area contributed by atoms with Gasteiger partial charge in [-0.1, -0.05) is 20.3 Å². The van der Waals surface area contributed by atoms with Crippen LogP contribution in [0.4, 0.5) is 0 Å². The van der Waals surface area contributed by atoms with Crippen LogP contribution >= 0.6 is 0 Å². The van der Waals surface area contributed by atoms with Gasteiger partial charge in [-0.25, -0.2) is 0 Å². The van der Waals surface area contributed by atoms with Crippen molar-refractivity contribution in [2.24, 2.45) is 0 Å². The molecule has 0 rings (SSSR count). The Bertz CT molecular complexity index is 268. The number of carbonyl (C=O) groups excluding carboxylic acids is 2. The van der Waals surface area contributed by atoms with Gasteiger partial charge in [-0.2, -0.15) is 0 Å². The second-order valence-corrected chi connectivity index (χ2v) is 4.99. The summed E-state index contributed by atoms with van der Waals surface area (Å²) in [6.45, 7) is 6.08. The van der Waals surface area contributed by atoms with E-state index in [1.807, 2.05) is 13.8 Å². The molecule has 0 saturated carbocycles. The number of aliphatic hydroxyl groups is 1. The molecule has 112 valence electrons. The highest BCUT2D eigenvalue weighted by Gasteiger charge is 2.26. The zero-order valence-corrected chi connectivity index (χ0v) is 12.4. The molecule has 0 aliphatic rings. The molecule has 0 bridgehead atoms. The molecule has 0 aromatic carbocycles. The first-order chi connectivity index (χ1) is 8.99. The predicted molar refractivity (Wildman–Crippen MR) is 75.7 cm³/mol. The lowest BCUT2D eigenvalue weighted by Crippen LogP contribution is -2.50. The topological polar surface area (TPSA) is 78.4 Å². The van der Waals surface area contributed by atoms with Gasteiger partial charge >= 0.3 is 0 Å². The van der Waals surface area contributed by atoms with E-state index in [1.54, 1.807) is 0 Å². The smallest absolute Gasteiger partial charge is 0.220 e. The van der Waals surface area contributed by atoms with Gasteiger partial charge < -0.3 is 15.7 Å². The average molecular weight is 272 g/mol. The van der Waals surface area contributed by atoms with Gasteiger partial charge in [0.2, 0.25) is 11.8 Å². The van der Waals surface area contributed by atoms with Crippen molar-refractivity contribution in [2.75, 3.05) is 13.2 Å². The van der Waals surface area contributed by atoms with Crippen LogP contribution in [0, 0.1) is 0 Å². The molecule has 0 aromatic heterocycles. The van der Waals surface area contributed by atoms with E-state index in [9.17, 15) is 14.7 Å². The molecule has 0 fully saturated rings. The number of amides is 2. The van der Waals surface area contributed by atoms with E-state index in [0.29, 0.717) is 13.0 Å². The second-order valence-electron chi connectivity index (χ2n) is 4.99. The summed E-state index contributed by atoms with van der Waals surface area (Å²) in [6.07, 6.45) is 4.54. The lowest BCUT2D eigenvalue weighted by molar-refractivity contribution is -0.124. The SMILES string of the molecule is CCC(CC)(CO)NC(=O)CCCCCNC(C)=O. The molecule has 0 saturated heterocycles. The first-order valence-corrected chi connectivity index (χ1v) is 7.16. The molecule has 5 heteroatoms. The molecule has 3 N–H and O–H groups in total. The number of carbonyl (C=O) groups is 2. The van der Waals surface area contributed by atoms with Crippen molar-refractivity contribution in [3.8, 4) is 0 Å². The van der Waals surface area contributed by atoms with Crippen LogP contribution in [0.2, 0.25) is 0 Å². The molecule has 5 nitrogen and oxygen atoms in total. The van der Waals surface area contributed by atoms with Gasteiger partial charge in [0.05, 0.1) is 12.1 Å². The molecule has 0 unspecified atom stereocenters. The molecule has 0 spiro atoms. The standard InChI is InChI=1S/C14H28N2O3/c1-4-14(5-2,11-17)16-13(19)9-7-6-8-10-15-12(3)18/h17H,4-11H2,1-3H3,(H,15,18)(H,16,19). The fourth-order valence-corrected chi connectivity index (χ4v) is 1.90. The van der Waals surface area contributed by atoms with Crippen molar-refractivity contribution in [2.45, 2.75) is 64.8 Å². The largest absolute Gasteiger partial charge is 0.394 e. The van der Waals surface area contributed by atoms with E-state index in [1.165, 1.54) is 6.92 Å². The maximum absolute atomic E-state index is 11.8. The van der Waals surface area contributed by atoms with Crippen LogP contribution in [0.1, 0.15) is 59.3 Å². The fraction of sp³-hybridized carbons (Fsp3) is 0.857. The van der Waals surface area contributed by atoms with Crippen LogP contribution in [0.3, 0.4) is 0 Å². The third-order valence-corrected chi connectivity index (χ3v) is 3.52. The summed E-state index contributed by atoms with van der Waals surface area (Å²) in [5.41, 5.74) is -0.465. The first kappa shape index (κ1) is 17.9. The number of unbranched alkanes of at least 4 members (excludes halogenated alkanes) is 2. The number of nitrogens with one attached hydrogen (secondary N) is 2. The van der Waals surface area contributed by atoms with E-state index in [0.717, 1.165) is 32.1 Å². The van der Waals surface area contributed by atoms with Gasteiger partial charge in [0.15, 0.2) is 0 Å². The minimum atomic E-state index is -0.465. The zero-order chi connectivity index (χ0) is 14.7. The van der Waals surface area contributed by atoms with Gasteiger partial charge in [0.1, 0.15) is 0 Å². The summed E-state index contributed by atoms with van der Waals surface area (Å²) in [5.74, 6) is -0.0198. The number of aliphatic hydroxyl groups excluding tert-OH is 1. The fourth-order valence-electron chi connectivity index (χ4n) is 1.90. The highest BCUT2D eigenvalue weighted by Crippen LogP contribution is 2.14. The highest BCUT2D eigenvalue weighted by atomic mass is 16.3. The third-order valence-electron chi connectivity index (χ3n) is 3.52. The Hall–Kier alpha value is -1.10. The van der Waals surface area contributed by atoms with Crippen LogP contribution in [-0.4, -0.2) is 35.6 Å². The Labute approximate surface area is 116 Å². The van der Waals surface area contributed by atoms with E-state index in [4.69, 9.17) is 0 Å². The van der Waals surface area contributed by atoms with Crippen LogP contribution < -0.4 is 10.6 Å². The van der Waals surface area contributed by atoms with Crippen LogP contribution in [0.5, 0.6) is 0 Å². The molecule has 0 atom stereocenters. The number of rotatable bonds is 10. The zero-order valence-electron chi connectivity index (χ0n) is 12.4. The van der Waals surface area contributed by atoms with Crippen molar-refractivity contribution >= 4 is 11.8 Å².